The highest BCUT2D eigenvalue weighted by Gasteiger charge is 1.92. The van der Waals surface area contributed by atoms with Crippen molar-refractivity contribution >= 4 is 28.3 Å². The maximum Gasteiger partial charge on any atom is 0.255 e. The van der Waals surface area contributed by atoms with Gasteiger partial charge in [0.15, 0.2) is 0 Å². The average Bonchev–Trinajstić information content (AvgIpc) is 2.03. The number of thiocarbonyl (C=S) groups is 1. The Balaban J connectivity index is 2.45. The van der Waals surface area contributed by atoms with E-state index >= 15 is 0 Å². The van der Waals surface area contributed by atoms with Crippen molar-refractivity contribution in [3.8, 4) is 0 Å². The first-order valence-corrected chi connectivity index (χ1v) is 3.94. The van der Waals surface area contributed by atoms with Crippen LogP contribution >= 0.6 is 23.8 Å². The van der Waals surface area contributed by atoms with Crippen LogP contribution in [0.5, 0.6) is 0 Å². The second-order valence-electron chi connectivity index (χ2n) is 2.01. The number of hydrogen-bond acceptors (Lipinski definition) is 2. The molecule has 0 atom stereocenters. The molecule has 1 nitrogen and oxygen atoms in total. The Bertz CT molecular complexity index is 235. The summed E-state index contributed by atoms with van der Waals surface area (Å²) in [6.07, 6.45) is 0. The summed E-state index contributed by atoms with van der Waals surface area (Å²) < 4.78 is 4.99. The fraction of sp³-hybridized carbons (Fsp3) is 0.125. The second-order valence-corrected chi connectivity index (χ2v) is 2.95. The van der Waals surface area contributed by atoms with Gasteiger partial charge in [0.2, 0.25) is 0 Å². The summed E-state index contributed by atoms with van der Waals surface area (Å²) in [7, 11) is 0. The van der Waals surface area contributed by atoms with Crippen LogP contribution in [0, 0.1) is 0 Å². The topological polar surface area (TPSA) is 9.23 Å². The highest BCUT2D eigenvalue weighted by Crippen LogP contribution is 2.01. The van der Waals surface area contributed by atoms with Gasteiger partial charge in [0.25, 0.3) is 4.51 Å². The van der Waals surface area contributed by atoms with Crippen LogP contribution in [-0.4, -0.2) is 4.51 Å². The molecule has 1 rings (SSSR count). The third-order valence-electron chi connectivity index (χ3n) is 1.20. The lowest BCUT2D eigenvalue weighted by Crippen LogP contribution is -1.93. The van der Waals surface area contributed by atoms with Gasteiger partial charge in [-0.1, -0.05) is 30.3 Å². The van der Waals surface area contributed by atoms with E-state index < -0.39 is 0 Å². The third kappa shape index (κ3) is 3.35. The first-order valence-electron chi connectivity index (χ1n) is 3.15. The molecule has 0 aliphatic heterocycles. The van der Waals surface area contributed by atoms with Crippen molar-refractivity contribution in [2.75, 3.05) is 0 Å². The van der Waals surface area contributed by atoms with E-state index in [1.165, 1.54) is 0 Å². The number of hydrogen-bond donors (Lipinski definition) is 0. The first-order chi connectivity index (χ1) is 5.29. The van der Waals surface area contributed by atoms with Gasteiger partial charge in [0.05, 0.1) is 0 Å². The SMILES string of the molecule is S=C(Cl)OCc1ccccc1. The lowest BCUT2D eigenvalue weighted by molar-refractivity contribution is 0.309. The average molecular weight is 187 g/mol. The molecule has 0 amide bonds. The van der Waals surface area contributed by atoms with Crippen molar-refractivity contribution in [3.63, 3.8) is 0 Å². The Kier molecular flexibility index (Phi) is 3.33. The molecule has 0 saturated carbocycles. The Morgan fingerprint density at radius 1 is 1.36 bits per heavy atom. The molecule has 0 saturated heterocycles. The number of halogens is 1. The minimum absolute atomic E-state index is 0.0638. The van der Waals surface area contributed by atoms with E-state index in [2.05, 4.69) is 12.2 Å². The molecule has 0 N–H and O–H groups in total. The molecule has 0 heterocycles. The number of rotatable bonds is 2. The summed E-state index contributed by atoms with van der Waals surface area (Å²) in [5, 5.41) is 0. The fourth-order valence-electron chi connectivity index (χ4n) is 0.714. The van der Waals surface area contributed by atoms with Gasteiger partial charge in [-0.25, -0.2) is 0 Å². The van der Waals surface area contributed by atoms with Gasteiger partial charge in [-0.05, 0) is 29.4 Å². The normalized spacial score (nSPS) is 9.18. The molecule has 0 aliphatic rings. The summed E-state index contributed by atoms with van der Waals surface area (Å²) in [5.41, 5.74) is 1.07. The maximum absolute atomic E-state index is 5.34. The molecule has 11 heavy (non-hydrogen) atoms. The van der Waals surface area contributed by atoms with Gasteiger partial charge in [-0.2, -0.15) is 0 Å². The third-order valence-corrected chi connectivity index (χ3v) is 1.42. The Labute approximate surface area is 75.9 Å². The predicted octanol–water partition coefficient (Wildman–Crippen LogP) is 2.73. The summed E-state index contributed by atoms with van der Waals surface area (Å²) in [4.78, 5) is 0. The van der Waals surface area contributed by atoms with E-state index in [-0.39, 0.29) is 4.51 Å². The molecule has 0 radical (unpaired) electrons. The maximum atomic E-state index is 5.34. The zero-order valence-electron chi connectivity index (χ0n) is 5.79. The van der Waals surface area contributed by atoms with Crippen LogP contribution in [0.3, 0.4) is 0 Å². The molecule has 58 valence electrons. The van der Waals surface area contributed by atoms with E-state index in [0.717, 1.165) is 5.56 Å². The van der Waals surface area contributed by atoms with E-state index in [9.17, 15) is 0 Å². The van der Waals surface area contributed by atoms with Crippen molar-refractivity contribution in [1.82, 2.24) is 0 Å². The largest absolute Gasteiger partial charge is 0.470 e. The zero-order chi connectivity index (χ0) is 8.10. The van der Waals surface area contributed by atoms with Crippen LogP contribution in [0.4, 0.5) is 0 Å². The zero-order valence-corrected chi connectivity index (χ0v) is 7.36. The van der Waals surface area contributed by atoms with Gasteiger partial charge < -0.3 is 4.74 Å². The second kappa shape index (κ2) is 4.31. The van der Waals surface area contributed by atoms with Crippen molar-refractivity contribution < 1.29 is 4.74 Å². The van der Waals surface area contributed by atoms with Gasteiger partial charge in [0.1, 0.15) is 6.61 Å². The van der Waals surface area contributed by atoms with Crippen molar-refractivity contribution in [2.45, 2.75) is 6.61 Å². The van der Waals surface area contributed by atoms with Crippen molar-refractivity contribution in [1.29, 1.82) is 0 Å². The molecular weight excluding hydrogens is 180 g/mol. The Hall–Kier alpha value is -0.600. The van der Waals surface area contributed by atoms with Gasteiger partial charge in [0, 0.05) is 0 Å². The predicted molar refractivity (Wildman–Crippen MR) is 49.7 cm³/mol. The van der Waals surface area contributed by atoms with Crippen molar-refractivity contribution in [2.24, 2.45) is 0 Å². The van der Waals surface area contributed by atoms with Crippen LogP contribution in [0.1, 0.15) is 5.56 Å². The van der Waals surface area contributed by atoms with E-state index in [4.69, 9.17) is 16.3 Å². The molecule has 0 bridgehead atoms. The highest BCUT2D eigenvalue weighted by atomic mass is 35.5. The van der Waals surface area contributed by atoms with E-state index in [1.54, 1.807) is 0 Å². The number of ether oxygens (including phenoxy) is 1. The lowest BCUT2D eigenvalue weighted by atomic mass is 10.2. The molecule has 0 aromatic heterocycles. The number of benzene rings is 1. The van der Waals surface area contributed by atoms with Crippen LogP contribution in [-0.2, 0) is 11.3 Å². The minimum Gasteiger partial charge on any atom is -0.470 e. The van der Waals surface area contributed by atoms with Crippen LogP contribution in [0.2, 0.25) is 0 Å². The molecule has 3 heteroatoms. The highest BCUT2D eigenvalue weighted by molar-refractivity contribution is 7.82. The van der Waals surface area contributed by atoms with Gasteiger partial charge in [-0.3, -0.25) is 0 Å². The van der Waals surface area contributed by atoms with Crippen LogP contribution in [0.25, 0.3) is 0 Å². The van der Waals surface area contributed by atoms with E-state index in [1.807, 2.05) is 30.3 Å². The molecule has 0 fully saturated rings. The summed E-state index contributed by atoms with van der Waals surface area (Å²) in [6.45, 7) is 0.448. The molecule has 0 aliphatic carbocycles. The minimum atomic E-state index is 0.0638. The van der Waals surface area contributed by atoms with Gasteiger partial charge in [-0.15, -0.1) is 0 Å². The van der Waals surface area contributed by atoms with E-state index in [0.29, 0.717) is 6.61 Å². The Morgan fingerprint density at radius 2 is 2.00 bits per heavy atom. The molecule has 1 aromatic rings. The monoisotopic (exact) mass is 186 g/mol. The summed E-state index contributed by atoms with van der Waals surface area (Å²) in [6, 6.07) is 9.73. The van der Waals surface area contributed by atoms with Crippen LogP contribution < -0.4 is 0 Å². The molecule has 0 spiro atoms. The Morgan fingerprint density at radius 3 is 2.55 bits per heavy atom. The quantitative estimate of drug-likeness (QED) is 0.519. The molecular formula is C8H7ClOS. The fourth-order valence-corrected chi connectivity index (χ4v) is 0.828. The summed E-state index contributed by atoms with van der Waals surface area (Å²) >= 11 is 9.87. The smallest absolute Gasteiger partial charge is 0.255 e. The first kappa shape index (κ1) is 8.50. The lowest BCUT2D eigenvalue weighted by Gasteiger charge is -2.00. The molecule has 1 aromatic carbocycles. The van der Waals surface area contributed by atoms with Gasteiger partial charge >= 0.3 is 0 Å². The molecule has 0 unspecified atom stereocenters. The van der Waals surface area contributed by atoms with Crippen LogP contribution in [0.15, 0.2) is 30.3 Å². The standard InChI is InChI=1S/C8H7ClOS/c9-8(11)10-6-7-4-2-1-3-5-7/h1-5H,6H2. The van der Waals surface area contributed by atoms with Crippen molar-refractivity contribution in [3.05, 3.63) is 35.9 Å². The summed E-state index contributed by atoms with van der Waals surface area (Å²) in [5.74, 6) is 0.